The Morgan fingerprint density at radius 3 is 2.59 bits per heavy atom. The largest absolute Gasteiger partial charge is 0.384 e. The van der Waals surface area contributed by atoms with Gasteiger partial charge in [-0.15, -0.1) is 0 Å². The van der Waals surface area contributed by atoms with Crippen molar-refractivity contribution in [3.63, 3.8) is 0 Å². The number of nitrogens with zero attached hydrogens (tertiary/aromatic N) is 3. The monoisotopic (exact) mass is 252 g/mol. The Balaban J connectivity index is 2.04. The lowest BCUT2D eigenvalue weighted by molar-refractivity contribution is 0.256. The molecule has 94 valence electrons. The lowest BCUT2D eigenvalue weighted by Crippen LogP contribution is -2.40. The second-order valence-corrected chi connectivity index (χ2v) is 6.68. The second-order valence-electron chi connectivity index (χ2n) is 4.80. The molecule has 0 amide bonds. The third-order valence-electron chi connectivity index (χ3n) is 2.78. The van der Waals surface area contributed by atoms with Crippen LogP contribution in [0.2, 0.25) is 0 Å². The van der Waals surface area contributed by atoms with Crippen LogP contribution < -0.4 is 5.73 Å². The van der Waals surface area contributed by atoms with Crippen molar-refractivity contribution in [2.45, 2.75) is 37.8 Å². The summed E-state index contributed by atoms with van der Waals surface area (Å²) in [4.78, 5) is 11.2. The third kappa shape index (κ3) is 3.57. The summed E-state index contributed by atoms with van der Waals surface area (Å²) in [6, 6.07) is 1.81. The van der Waals surface area contributed by atoms with Crippen LogP contribution in [0.1, 0.15) is 25.4 Å². The van der Waals surface area contributed by atoms with Crippen molar-refractivity contribution < 1.29 is 0 Å². The molecule has 1 aliphatic rings. The van der Waals surface area contributed by atoms with Crippen LogP contribution in [0.3, 0.4) is 0 Å². The molecule has 2 atom stereocenters. The average molecular weight is 252 g/mol. The van der Waals surface area contributed by atoms with Gasteiger partial charge < -0.3 is 5.73 Å². The zero-order valence-corrected chi connectivity index (χ0v) is 11.5. The Morgan fingerprint density at radius 2 is 2.00 bits per heavy atom. The van der Waals surface area contributed by atoms with Crippen LogP contribution in [-0.4, -0.2) is 38.5 Å². The van der Waals surface area contributed by atoms with Gasteiger partial charge in [-0.3, -0.25) is 4.90 Å². The Hall–Kier alpha value is -0.810. The van der Waals surface area contributed by atoms with Crippen LogP contribution in [0, 0.1) is 6.92 Å². The minimum atomic E-state index is 0.569. The van der Waals surface area contributed by atoms with Gasteiger partial charge in [0.15, 0.2) is 0 Å². The number of aryl methyl sites for hydroxylation is 1. The lowest BCUT2D eigenvalue weighted by atomic mass is 10.3. The molecule has 17 heavy (non-hydrogen) atoms. The molecule has 4 nitrogen and oxygen atoms in total. The Labute approximate surface area is 107 Å². The van der Waals surface area contributed by atoms with E-state index in [1.54, 1.807) is 6.07 Å². The van der Waals surface area contributed by atoms with E-state index in [4.69, 9.17) is 5.73 Å². The van der Waals surface area contributed by atoms with Crippen molar-refractivity contribution >= 4 is 17.6 Å². The smallest absolute Gasteiger partial charge is 0.144 e. The number of hydrogen-bond acceptors (Lipinski definition) is 5. The molecule has 0 saturated carbocycles. The van der Waals surface area contributed by atoms with E-state index in [1.165, 1.54) is 0 Å². The van der Waals surface area contributed by atoms with Crippen LogP contribution >= 0.6 is 11.8 Å². The zero-order chi connectivity index (χ0) is 12.4. The summed E-state index contributed by atoms with van der Waals surface area (Å²) in [6.45, 7) is 9.52. The van der Waals surface area contributed by atoms with E-state index in [2.05, 4.69) is 40.5 Å². The molecule has 2 unspecified atom stereocenters. The number of thioether (sulfide) groups is 1. The molecule has 2 heterocycles. The van der Waals surface area contributed by atoms with E-state index in [1.807, 2.05) is 6.92 Å². The molecule has 1 aliphatic heterocycles. The molecule has 2 rings (SSSR count). The third-order valence-corrected chi connectivity index (χ3v) is 4.01. The maximum atomic E-state index is 5.75. The summed E-state index contributed by atoms with van der Waals surface area (Å²) in [5, 5.41) is 1.36. The average Bonchev–Trinajstić information content (AvgIpc) is 2.13. The first kappa shape index (κ1) is 12.6. The van der Waals surface area contributed by atoms with Crippen LogP contribution in [0.4, 0.5) is 5.82 Å². The van der Waals surface area contributed by atoms with Gasteiger partial charge in [-0.1, -0.05) is 13.8 Å². The van der Waals surface area contributed by atoms with Gasteiger partial charge in [-0.25, -0.2) is 9.97 Å². The molecular weight excluding hydrogens is 232 g/mol. The molecular formula is C12H20N4S. The van der Waals surface area contributed by atoms with Gasteiger partial charge in [-0.2, -0.15) is 11.8 Å². The van der Waals surface area contributed by atoms with Gasteiger partial charge in [0.25, 0.3) is 0 Å². The summed E-state index contributed by atoms with van der Waals surface area (Å²) in [5.41, 5.74) is 6.69. The molecule has 1 fully saturated rings. The molecule has 0 radical (unpaired) electrons. The van der Waals surface area contributed by atoms with Crippen LogP contribution in [0.15, 0.2) is 6.07 Å². The minimum absolute atomic E-state index is 0.569. The van der Waals surface area contributed by atoms with Gasteiger partial charge in [0.1, 0.15) is 11.6 Å². The van der Waals surface area contributed by atoms with Crippen molar-refractivity contribution in [3.05, 3.63) is 17.6 Å². The molecule has 2 N–H and O–H groups in total. The van der Waals surface area contributed by atoms with E-state index >= 15 is 0 Å². The fourth-order valence-electron chi connectivity index (χ4n) is 2.34. The highest BCUT2D eigenvalue weighted by atomic mass is 32.2. The highest BCUT2D eigenvalue weighted by Gasteiger charge is 2.22. The van der Waals surface area contributed by atoms with Crippen LogP contribution in [0.25, 0.3) is 0 Å². The van der Waals surface area contributed by atoms with E-state index in [9.17, 15) is 0 Å². The molecule has 5 heteroatoms. The van der Waals surface area contributed by atoms with Crippen LogP contribution in [-0.2, 0) is 6.54 Å². The number of hydrogen-bond donors (Lipinski definition) is 1. The first-order valence-electron chi connectivity index (χ1n) is 6.01. The molecule has 0 bridgehead atoms. The maximum absolute atomic E-state index is 5.75. The van der Waals surface area contributed by atoms with E-state index in [-0.39, 0.29) is 0 Å². The van der Waals surface area contributed by atoms with E-state index < -0.39 is 0 Å². The summed E-state index contributed by atoms with van der Waals surface area (Å²) < 4.78 is 0. The normalized spacial score (nSPS) is 26.1. The SMILES string of the molecule is Cc1cc(N)nc(CN2CC(C)SC(C)C2)n1. The summed E-state index contributed by atoms with van der Waals surface area (Å²) in [5.74, 6) is 1.41. The van der Waals surface area contributed by atoms with Gasteiger partial charge in [0.05, 0.1) is 6.54 Å². The van der Waals surface area contributed by atoms with Gasteiger partial charge in [0, 0.05) is 35.3 Å². The summed E-state index contributed by atoms with van der Waals surface area (Å²) in [7, 11) is 0. The van der Waals surface area contributed by atoms with Gasteiger partial charge in [0.2, 0.25) is 0 Å². The quantitative estimate of drug-likeness (QED) is 0.868. The Kier molecular flexibility index (Phi) is 3.89. The molecule has 0 aromatic carbocycles. The fraction of sp³-hybridized carbons (Fsp3) is 0.667. The van der Waals surface area contributed by atoms with E-state index in [0.29, 0.717) is 16.3 Å². The zero-order valence-electron chi connectivity index (χ0n) is 10.7. The number of anilines is 1. The molecule has 1 aromatic rings. The molecule has 1 aromatic heterocycles. The van der Waals surface area contributed by atoms with Crippen molar-refractivity contribution in [3.8, 4) is 0 Å². The van der Waals surface area contributed by atoms with Crippen molar-refractivity contribution in [2.75, 3.05) is 18.8 Å². The summed E-state index contributed by atoms with van der Waals surface area (Å²) >= 11 is 2.05. The van der Waals surface area contributed by atoms with Crippen molar-refractivity contribution in [2.24, 2.45) is 0 Å². The number of rotatable bonds is 2. The summed E-state index contributed by atoms with van der Waals surface area (Å²) in [6.07, 6.45) is 0. The molecule has 0 aliphatic carbocycles. The first-order valence-corrected chi connectivity index (χ1v) is 6.95. The standard InChI is InChI=1S/C12H20N4S/c1-8-4-11(13)15-12(14-8)7-16-5-9(2)17-10(3)6-16/h4,9-10H,5-7H2,1-3H3,(H2,13,14,15). The van der Waals surface area contributed by atoms with E-state index in [0.717, 1.165) is 31.2 Å². The first-order chi connectivity index (χ1) is 8.02. The topological polar surface area (TPSA) is 55.0 Å². The predicted octanol–water partition coefficient (Wildman–Crippen LogP) is 1.69. The minimum Gasteiger partial charge on any atom is -0.384 e. The highest BCUT2D eigenvalue weighted by Crippen LogP contribution is 2.25. The highest BCUT2D eigenvalue weighted by molar-refractivity contribution is 8.00. The number of nitrogen functional groups attached to an aromatic ring is 1. The molecule has 1 saturated heterocycles. The van der Waals surface area contributed by atoms with Gasteiger partial charge >= 0.3 is 0 Å². The fourth-order valence-corrected chi connectivity index (χ4v) is 3.73. The number of aromatic nitrogens is 2. The number of nitrogens with two attached hydrogens (primary N) is 1. The molecule has 0 spiro atoms. The van der Waals surface area contributed by atoms with Crippen molar-refractivity contribution in [1.29, 1.82) is 0 Å². The van der Waals surface area contributed by atoms with Crippen molar-refractivity contribution in [1.82, 2.24) is 14.9 Å². The van der Waals surface area contributed by atoms with Crippen LogP contribution in [0.5, 0.6) is 0 Å². The Morgan fingerprint density at radius 1 is 1.35 bits per heavy atom. The Bertz CT molecular complexity index is 366. The lowest BCUT2D eigenvalue weighted by Gasteiger charge is -2.34. The predicted molar refractivity (Wildman–Crippen MR) is 73.0 cm³/mol. The van der Waals surface area contributed by atoms with Gasteiger partial charge in [-0.05, 0) is 6.92 Å². The maximum Gasteiger partial charge on any atom is 0.144 e. The second kappa shape index (κ2) is 5.23.